The van der Waals surface area contributed by atoms with E-state index in [-0.39, 0.29) is 6.61 Å². The number of rotatable bonds is 3. The molecule has 1 N–H and O–H groups in total. The lowest BCUT2D eigenvalue weighted by atomic mass is 10.2. The van der Waals surface area contributed by atoms with Crippen LogP contribution in [0.4, 0.5) is 0 Å². The van der Waals surface area contributed by atoms with E-state index in [4.69, 9.17) is 21.4 Å². The lowest BCUT2D eigenvalue weighted by Crippen LogP contribution is -1.94. The number of thiophene rings is 1. The minimum absolute atomic E-state index is 0.117. The Hall–Kier alpha value is -1.47. The highest BCUT2D eigenvalue weighted by atomic mass is 35.5. The number of hydrogen-bond donors (Lipinski definition) is 1. The predicted molar refractivity (Wildman–Crippen MR) is 78.8 cm³/mol. The molecule has 0 aliphatic carbocycles. The van der Waals surface area contributed by atoms with E-state index >= 15 is 0 Å². The minimum atomic E-state index is -0.117. The van der Waals surface area contributed by atoms with Gasteiger partial charge in [0, 0.05) is 9.90 Å². The monoisotopic (exact) mass is 292 g/mol. The molecule has 2 aromatic rings. The molecule has 0 amide bonds. The van der Waals surface area contributed by atoms with Gasteiger partial charge in [0.25, 0.3) is 0 Å². The quantitative estimate of drug-likeness (QED) is 0.875. The summed E-state index contributed by atoms with van der Waals surface area (Å²) < 4.78 is 5.75. The summed E-state index contributed by atoms with van der Waals surface area (Å²) in [7, 11) is 0. The standard InChI is InChI=1S/C15H13ClO2S/c1-11-9-12(16)4-7-15(11)18-10-14-6-5-13(19-14)3-2-8-17/h4-7,9,17H,8,10H2,1H3. The van der Waals surface area contributed by atoms with Gasteiger partial charge in [-0.3, -0.25) is 0 Å². The number of benzene rings is 1. The molecule has 0 unspecified atom stereocenters. The highest BCUT2D eigenvalue weighted by molar-refractivity contribution is 7.12. The summed E-state index contributed by atoms with van der Waals surface area (Å²) in [6.45, 7) is 2.36. The first-order valence-corrected chi connectivity index (χ1v) is 6.96. The van der Waals surface area contributed by atoms with Crippen molar-refractivity contribution in [3.8, 4) is 17.6 Å². The highest BCUT2D eigenvalue weighted by Crippen LogP contribution is 2.24. The normalized spacial score (nSPS) is 9.84. The second-order valence-corrected chi connectivity index (χ2v) is 5.53. The van der Waals surface area contributed by atoms with Crippen molar-refractivity contribution in [3.05, 3.63) is 50.7 Å². The zero-order chi connectivity index (χ0) is 13.7. The van der Waals surface area contributed by atoms with Crippen LogP contribution in [0.25, 0.3) is 0 Å². The van der Waals surface area contributed by atoms with Crippen LogP contribution in [0.1, 0.15) is 15.3 Å². The van der Waals surface area contributed by atoms with Crippen molar-refractivity contribution in [2.75, 3.05) is 6.61 Å². The average molecular weight is 293 g/mol. The Labute approximate surface area is 121 Å². The number of halogens is 1. The fraction of sp³-hybridized carbons (Fsp3) is 0.200. The van der Waals surface area contributed by atoms with Crippen LogP contribution in [0, 0.1) is 18.8 Å². The van der Waals surface area contributed by atoms with Crippen molar-refractivity contribution in [1.82, 2.24) is 0 Å². The molecule has 4 heteroatoms. The molecular weight excluding hydrogens is 280 g/mol. The molecule has 2 nitrogen and oxygen atoms in total. The molecule has 1 aromatic heterocycles. The summed E-state index contributed by atoms with van der Waals surface area (Å²) in [5, 5.41) is 9.35. The summed E-state index contributed by atoms with van der Waals surface area (Å²) in [6.07, 6.45) is 0. The van der Waals surface area contributed by atoms with Gasteiger partial charge < -0.3 is 9.84 Å². The van der Waals surface area contributed by atoms with Crippen LogP contribution in [-0.2, 0) is 6.61 Å². The number of aliphatic hydroxyl groups is 1. The summed E-state index contributed by atoms with van der Waals surface area (Å²) in [6, 6.07) is 9.48. The predicted octanol–water partition coefficient (Wildman–Crippen LogP) is 3.63. The fourth-order valence-corrected chi connectivity index (χ4v) is 2.60. The Bertz CT molecular complexity index is 623. The van der Waals surface area contributed by atoms with Gasteiger partial charge in [-0.2, -0.15) is 0 Å². The van der Waals surface area contributed by atoms with Gasteiger partial charge in [0.1, 0.15) is 19.0 Å². The van der Waals surface area contributed by atoms with E-state index in [1.807, 2.05) is 37.3 Å². The van der Waals surface area contributed by atoms with E-state index in [9.17, 15) is 0 Å². The van der Waals surface area contributed by atoms with E-state index in [1.165, 1.54) is 0 Å². The number of hydrogen-bond acceptors (Lipinski definition) is 3. The topological polar surface area (TPSA) is 29.5 Å². The van der Waals surface area contributed by atoms with E-state index in [0.717, 1.165) is 21.1 Å². The zero-order valence-corrected chi connectivity index (χ0v) is 12.0. The maximum Gasteiger partial charge on any atom is 0.122 e. The summed E-state index contributed by atoms with van der Waals surface area (Å²) >= 11 is 7.46. The molecule has 0 bridgehead atoms. The first-order chi connectivity index (χ1) is 9.19. The van der Waals surface area contributed by atoms with Crippen LogP contribution < -0.4 is 4.74 Å². The third-order valence-electron chi connectivity index (χ3n) is 2.46. The molecule has 0 fully saturated rings. The zero-order valence-electron chi connectivity index (χ0n) is 10.4. The van der Waals surface area contributed by atoms with Gasteiger partial charge in [-0.15, -0.1) is 11.3 Å². The maximum atomic E-state index is 8.63. The Morgan fingerprint density at radius 2 is 2.16 bits per heavy atom. The van der Waals surface area contributed by atoms with Crippen LogP contribution in [0.15, 0.2) is 30.3 Å². The van der Waals surface area contributed by atoms with Crippen LogP contribution >= 0.6 is 22.9 Å². The van der Waals surface area contributed by atoms with Crippen LogP contribution in [0.2, 0.25) is 5.02 Å². The molecule has 19 heavy (non-hydrogen) atoms. The fourth-order valence-electron chi connectivity index (χ4n) is 1.57. The third kappa shape index (κ3) is 4.00. The second-order valence-electron chi connectivity index (χ2n) is 3.92. The molecule has 0 spiro atoms. The Balaban J connectivity index is 2.00. The molecule has 1 heterocycles. The largest absolute Gasteiger partial charge is 0.488 e. The first kappa shape index (κ1) is 14.0. The highest BCUT2D eigenvalue weighted by Gasteiger charge is 2.03. The van der Waals surface area contributed by atoms with Crippen molar-refractivity contribution < 1.29 is 9.84 Å². The van der Waals surface area contributed by atoms with E-state index in [0.29, 0.717) is 11.6 Å². The van der Waals surface area contributed by atoms with E-state index in [1.54, 1.807) is 11.3 Å². The first-order valence-electron chi connectivity index (χ1n) is 5.76. The van der Waals surface area contributed by atoms with Gasteiger partial charge in [-0.25, -0.2) is 0 Å². The van der Waals surface area contributed by atoms with Crippen LogP contribution in [0.5, 0.6) is 5.75 Å². The summed E-state index contributed by atoms with van der Waals surface area (Å²) in [5.74, 6) is 6.34. The van der Waals surface area contributed by atoms with Crippen molar-refractivity contribution in [2.24, 2.45) is 0 Å². The van der Waals surface area contributed by atoms with Gasteiger partial charge in [-0.1, -0.05) is 23.4 Å². The minimum Gasteiger partial charge on any atom is -0.488 e. The van der Waals surface area contributed by atoms with Crippen LogP contribution in [0.3, 0.4) is 0 Å². The smallest absolute Gasteiger partial charge is 0.122 e. The molecular formula is C15H13ClO2S. The molecule has 0 saturated carbocycles. The molecule has 98 valence electrons. The number of ether oxygens (including phenoxy) is 1. The molecule has 0 saturated heterocycles. The van der Waals surface area contributed by atoms with Gasteiger partial charge in [-0.05, 0) is 42.8 Å². The molecule has 1 aromatic carbocycles. The maximum absolute atomic E-state index is 8.63. The van der Waals surface area contributed by atoms with Gasteiger partial charge in [0.05, 0.1) is 4.88 Å². The van der Waals surface area contributed by atoms with E-state index in [2.05, 4.69) is 11.8 Å². The Kier molecular flexibility index (Phi) is 4.86. The molecule has 0 atom stereocenters. The molecule has 2 rings (SSSR count). The Morgan fingerprint density at radius 1 is 1.32 bits per heavy atom. The number of aliphatic hydroxyl groups excluding tert-OH is 1. The van der Waals surface area contributed by atoms with Crippen molar-refractivity contribution in [1.29, 1.82) is 0 Å². The molecule has 0 aliphatic rings. The van der Waals surface area contributed by atoms with Crippen molar-refractivity contribution in [3.63, 3.8) is 0 Å². The molecule has 0 aliphatic heterocycles. The van der Waals surface area contributed by atoms with E-state index < -0.39 is 0 Å². The molecule has 0 radical (unpaired) electrons. The van der Waals surface area contributed by atoms with Crippen molar-refractivity contribution in [2.45, 2.75) is 13.5 Å². The van der Waals surface area contributed by atoms with Gasteiger partial charge in [0.15, 0.2) is 0 Å². The summed E-state index contributed by atoms with van der Waals surface area (Å²) in [5.41, 5.74) is 1.02. The number of aryl methyl sites for hydroxylation is 1. The SMILES string of the molecule is Cc1cc(Cl)ccc1OCc1ccc(C#CCO)s1. The lowest BCUT2D eigenvalue weighted by Gasteiger charge is -2.07. The van der Waals surface area contributed by atoms with Gasteiger partial charge in [0.2, 0.25) is 0 Å². The summed E-state index contributed by atoms with van der Waals surface area (Å²) in [4.78, 5) is 2.03. The Morgan fingerprint density at radius 3 is 2.89 bits per heavy atom. The van der Waals surface area contributed by atoms with Crippen LogP contribution in [-0.4, -0.2) is 11.7 Å². The van der Waals surface area contributed by atoms with Gasteiger partial charge >= 0.3 is 0 Å². The third-order valence-corrected chi connectivity index (χ3v) is 3.67. The van der Waals surface area contributed by atoms with Crippen molar-refractivity contribution >= 4 is 22.9 Å². The lowest BCUT2D eigenvalue weighted by molar-refractivity contribution is 0.307. The average Bonchev–Trinajstić information content (AvgIpc) is 2.83. The second kappa shape index (κ2) is 6.63.